The van der Waals surface area contributed by atoms with Crippen LogP contribution in [0.25, 0.3) is 0 Å². The normalized spacial score (nSPS) is 10.6. The molecular weight excluding hydrogens is 266 g/mol. The second-order valence-corrected chi connectivity index (χ2v) is 5.56. The molecule has 1 aromatic rings. The van der Waals surface area contributed by atoms with Crippen LogP contribution in [0.5, 0.6) is 0 Å². The van der Waals surface area contributed by atoms with Crippen LogP contribution < -0.4 is 5.32 Å². The predicted octanol–water partition coefficient (Wildman–Crippen LogP) is 1.65. The number of rotatable bonds is 6. The van der Waals surface area contributed by atoms with Gasteiger partial charge >= 0.3 is 0 Å². The van der Waals surface area contributed by atoms with Crippen LogP contribution in [-0.2, 0) is 9.59 Å². The summed E-state index contributed by atoms with van der Waals surface area (Å²) in [5.41, 5.74) is 2.87. The number of hydrogen-bond donors (Lipinski definition) is 1. The van der Waals surface area contributed by atoms with Crippen molar-refractivity contribution in [3.05, 3.63) is 29.3 Å². The topological polar surface area (TPSA) is 52.7 Å². The summed E-state index contributed by atoms with van der Waals surface area (Å²) in [6.07, 6.45) is 0. The highest BCUT2D eigenvalue weighted by Crippen LogP contribution is 2.19. The molecule has 1 aromatic carbocycles. The summed E-state index contributed by atoms with van der Waals surface area (Å²) in [6, 6.07) is 5.87. The molecule has 5 nitrogen and oxygen atoms in total. The number of carbonyl (C=O) groups is 2. The van der Waals surface area contributed by atoms with Gasteiger partial charge in [0.25, 0.3) is 0 Å². The Bertz CT molecular complexity index is 492. The second kappa shape index (κ2) is 7.78. The van der Waals surface area contributed by atoms with Gasteiger partial charge in [-0.25, -0.2) is 0 Å². The van der Waals surface area contributed by atoms with Gasteiger partial charge in [0.2, 0.25) is 11.8 Å². The number of nitrogens with one attached hydrogen (secondary N) is 1. The van der Waals surface area contributed by atoms with E-state index in [1.54, 1.807) is 4.90 Å². The Morgan fingerprint density at radius 3 is 2.14 bits per heavy atom. The van der Waals surface area contributed by atoms with Crippen molar-refractivity contribution in [2.75, 3.05) is 39.0 Å². The molecule has 0 aromatic heterocycles. The van der Waals surface area contributed by atoms with Crippen LogP contribution in [-0.4, -0.2) is 55.3 Å². The van der Waals surface area contributed by atoms with Crippen LogP contribution in [0.4, 0.5) is 5.69 Å². The van der Waals surface area contributed by atoms with Crippen LogP contribution in [0.15, 0.2) is 18.2 Å². The fraction of sp³-hybridized carbons (Fsp3) is 0.500. The van der Waals surface area contributed by atoms with E-state index in [0.717, 1.165) is 23.4 Å². The molecule has 0 radical (unpaired) electrons. The first-order valence-electron chi connectivity index (χ1n) is 7.07. The van der Waals surface area contributed by atoms with Crippen molar-refractivity contribution in [1.29, 1.82) is 0 Å². The van der Waals surface area contributed by atoms with Gasteiger partial charge in [0.1, 0.15) is 0 Å². The lowest BCUT2D eigenvalue weighted by Gasteiger charge is -2.23. The van der Waals surface area contributed by atoms with Crippen molar-refractivity contribution in [3.8, 4) is 0 Å². The van der Waals surface area contributed by atoms with Crippen molar-refractivity contribution in [1.82, 2.24) is 9.80 Å². The molecule has 21 heavy (non-hydrogen) atoms. The maximum absolute atomic E-state index is 12.2. The van der Waals surface area contributed by atoms with Gasteiger partial charge in [0.05, 0.1) is 6.54 Å². The average Bonchev–Trinajstić information content (AvgIpc) is 2.38. The number of nitrogens with zero attached hydrogens (tertiary/aromatic N) is 2. The third-order valence-corrected chi connectivity index (χ3v) is 3.34. The van der Waals surface area contributed by atoms with E-state index in [9.17, 15) is 9.59 Å². The number of likely N-dealkylation sites (N-methyl/N-ethyl adjacent to an activating group) is 1. The van der Waals surface area contributed by atoms with Crippen LogP contribution in [0.1, 0.15) is 18.1 Å². The summed E-state index contributed by atoms with van der Waals surface area (Å²) in [6.45, 7) is 6.76. The molecule has 116 valence electrons. The van der Waals surface area contributed by atoms with E-state index in [0.29, 0.717) is 6.54 Å². The Hall–Kier alpha value is -1.88. The standard InChI is InChI=1S/C16H25N3O2/c1-12-7-6-8-13(2)16(12)17-15(21)11-19(14(3)20)10-9-18(4)5/h6-8H,9-11H2,1-5H3,(H,17,21). The molecular formula is C16H25N3O2. The molecule has 5 heteroatoms. The summed E-state index contributed by atoms with van der Waals surface area (Å²) < 4.78 is 0. The Morgan fingerprint density at radius 2 is 1.67 bits per heavy atom. The lowest BCUT2D eigenvalue weighted by atomic mass is 10.1. The smallest absolute Gasteiger partial charge is 0.244 e. The van der Waals surface area contributed by atoms with E-state index in [4.69, 9.17) is 0 Å². The van der Waals surface area contributed by atoms with Gasteiger partial charge in [-0.15, -0.1) is 0 Å². The van der Waals surface area contributed by atoms with Crippen LogP contribution in [0.2, 0.25) is 0 Å². The minimum absolute atomic E-state index is 0.0803. The molecule has 2 amide bonds. The zero-order valence-electron chi connectivity index (χ0n) is 13.6. The summed E-state index contributed by atoms with van der Waals surface area (Å²) in [4.78, 5) is 27.3. The molecule has 0 aliphatic rings. The molecule has 0 saturated heterocycles. The number of amides is 2. The molecule has 0 fully saturated rings. The molecule has 1 N–H and O–H groups in total. The highest BCUT2D eigenvalue weighted by atomic mass is 16.2. The monoisotopic (exact) mass is 291 g/mol. The minimum Gasteiger partial charge on any atom is -0.332 e. The van der Waals surface area contributed by atoms with Crippen molar-refractivity contribution < 1.29 is 9.59 Å². The van der Waals surface area contributed by atoms with Gasteiger partial charge in [-0.2, -0.15) is 0 Å². The first-order valence-corrected chi connectivity index (χ1v) is 7.07. The van der Waals surface area contributed by atoms with Crippen LogP contribution in [0, 0.1) is 13.8 Å². The lowest BCUT2D eigenvalue weighted by Crippen LogP contribution is -2.40. The Morgan fingerprint density at radius 1 is 1.10 bits per heavy atom. The molecule has 0 aliphatic heterocycles. The van der Waals surface area contributed by atoms with Gasteiger partial charge in [0, 0.05) is 25.7 Å². The van der Waals surface area contributed by atoms with E-state index < -0.39 is 0 Å². The Labute approximate surface area is 126 Å². The minimum atomic E-state index is -0.165. The van der Waals surface area contributed by atoms with E-state index in [1.165, 1.54) is 6.92 Å². The number of para-hydroxylation sites is 1. The van der Waals surface area contributed by atoms with Gasteiger partial charge in [0.15, 0.2) is 0 Å². The maximum atomic E-state index is 12.2. The van der Waals surface area contributed by atoms with E-state index >= 15 is 0 Å². The predicted molar refractivity (Wildman–Crippen MR) is 85.4 cm³/mol. The zero-order valence-corrected chi connectivity index (χ0v) is 13.6. The average molecular weight is 291 g/mol. The van der Waals surface area contributed by atoms with E-state index in [1.807, 2.05) is 51.0 Å². The highest BCUT2D eigenvalue weighted by molar-refractivity contribution is 5.95. The quantitative estimate of drug-likeness (QED) is 0.867. The SMILES string of the molecule is CC(=O)N(CCN(C)C)CC(=O)Nc1c(C)cccc1C. The number of benzene rings is 1. The van der Waals surface area contributed by atoms with E-state index in [2.05, 4.69) is 5.32 Å². The molecule has 0 aliphatic carbocycles. The third kappa shape index (κ3) is 5.55. The number of anilines is 1. The van der Waals surface area contributed by atoms with Gasteiger partial charge in [-0.3, -0.25) is 9.59 Å². The second-order valence-electron chi connectivity index (χ2n) is 5.56. The Kier molecular flexibility index (Phi) is 6.37. The molecule has 0 spiro atoms. The highest BCUT2D eigenvalue weighted by Gasteiger charge is 2.15. The summed E-state index contributed by atoms with van der Waals surface area (Å²) in [5.74, 6) is -0.255. The molecule has 0 unspecified atom stereocenters. The fourth-order valence-electron chi connectivity index (χ4n) is 2.03. The Balaban J connectivity index is 2.68. The number of aryl methyl sites for hydroxylation is 2. The van der Waals surface area contributed by atoms with Crippen molar-refractivity contribution in [3.63, 3.8) is 0 Å². The first kappa shape index (κ1) is 17.2. The van der Waals surface area contributed by atoms with Crippen molar-refractivity contribution >= 4 is 17.5 Å². The van der Waals surface area contributed by atoms with Crippen LogP contribution in [0.3, 0.4) is 0 Å². The number of carbonyl (C=O) groups excluding carboxylic acids is 2. The first-order chi connectivity index (χ1) is 9.81. The molecule has 0 saturated carbocycles. The van der Waals surface area contributed by atoms with Crippen molar-refractivity contribution in [2.45, 2.75) is 20.8 Å². The summed E-state index contributed by atoms with van der Waals surface area (Å²) in [7, 11) is 3.88. The maximum Gasteiger partial charge on any atom is 0.244 e. The molecule has 1 rings (SSSR count). The van der Waals surface area contributed by atoms with Crippen molar-refractivity contribution in [2.24, 2.45) is 0 Å². The molecule has 0 heterocycles. The van der Waals surface area contributed by atoms with Gasteiger partial charge < -0.3 is 15.1 Å². The van der Waals surface area contributed by atoms with Gasteiger partial charge in [-0.1, -0.05) is 18.2 Å². The summed E-state index contributed by atoms with van der Waals surface area (Å²) in [5, 5.41) is 2.91. The molecule has 0 bridgehead atoms. The van der Waals surface area contributed by atoms with E-state index in [-0.39, 0.29) is 18.4 Å². The fourth-order valence-corrected chi connectivity index (χ4v) is 2.03. The number of hydrogen-bond acceptors (Lipinski definition) is 3. The lowest BCUT2D eigenvalue weighted by molar-refractivity contribution is -0.132. The van der Waals surface area contributed by atoms with Gasteiger partial charge in [-0.05, 0) is 39.1 Å². The summed E-state index contributed by atoms with van der Waals surface area (Å²) >= 11 is 0. The molecule has 0 atom stereocenters. The largest absolute Gasteiger partial charge is 0.332 e. The third-order valence-electron chi connectivity index (χ3n) is 3.34. The zero-order chi connectivity index (χ0) is 16.0. The van der Waals surface area contributed by atoms with Crippen LogP contribution >= 0.6 is 0 Å².